The number of benzene rings is 2. The Bertz CT molecular complexity index is 1180. The van der Waals surface area contributed by atoms with E-state index in [-0.39, 0.29) is 12.5 Å². The van der Waals surface area contributed by atoms with E-state index >= 15 is 0 Å². The summed E-state index contributed by atoms with van der Waals surface area (Å²) in [5.41, 5.74) is 4.42. The van der Waals surface area contributed by atoms with Crippen LogP contribution in [0.4, 0.5) is 5.13 Å². The number of aldehydes is 1. The summed E-state index contributed by atoms with van der Waals surface area (Å²) in [6, 6.07) is 13.8. The van der Waals surface area contributed by atoms with Crippen LogP contribution in [0.25, 0.3) is 22.2 Å². The predicted octanol–water partition coefficient (Wildman–Crippen LogP) is 5.29. The molecule has 0 radical (unpaired) electrons. The van der Waals surface area contributed by atoms with Crippen LogP contribution in [-0.4, -0.2) is 21.7 Å². The zero-order valence-corrected chi connectivity index (χ0v) is 17.4. The van der Waals surface area contributed by atoms with E-state index in [0.29, 0.717) is 10.7 Å². The summed E-state index contributed by atoms with van der Waals surface area (Å²) >= 11 is 4.80. The normalized spacial score (nSPS) is 10.9. The number of carbonyl (C=O) groups is 2. The Kier molecular flexibility index (Phi) is 5.11. The van der Waals surface area contributed by atoms with Crippen LogP contribution in [0.5, 0.6) is 0 Å². The molecule has 0 unspecified atom stereocenters. The maximum atomic E-state index is 12.5. The smallest absolute Gasteiger partial charge is 0.246 e. The molecule has 5 nitrogen and oxygen atoms in total. The molecule has 1 amide bonds. The van der Waals surface area contributed by atoms with Crippen molar-refractivity contribution in [2.75, 3.05) is 5.32 Å². The monoisotopic (exact) mass is 453 g/mol. The van der Waals surface area contributed by atoms with Crippen LogP contribution in [0.2, 0.25) is 0 Å². The van der Waals surface area contributed by atoms with Gasteiger partial charge in [0.1, 0.15) is 6.54 Å². The van der Waals surface area contributed by atoms with Gasteiger partial charge in [0, 0.05) is 38.1 Å². The topological polar surface area (TPSA) is 64.0 Å². The molecule has 2 heterocycles. The highest BCUT2D eigenvalue weighted by Gasteiger charge is 2.13. The van der Waals surface area contributed by atoms with Crippen molar-refractivity contribution < 1.29 is 9.59 Å². The number of nitrogens with one attached hydrogen (secondary N) is 1. The van der Waals surface area contributed by atoms with E-state index in [4.69, 9.17) is 0 Å². The Morgan fingerprint density at radius 3 is 2.79 bits per heavy atom. The Labute approximate surface area is 174 Å². The van der Waals surface area contributed by atoms with Crippen molar-refractivity contribution in [3.63, 3.8) is 0 Å². The number of aromatic nitrogens is 2. The van der Waals surface area contributed by atoms with Gasteiger partial charge in [0.05, 0.1) is 5.69 Å². The van der Waals surface area contributed by atoms with Crippen LogP contribution in [0.1, 0.15) is 15.9 Å². The molecule has 4 rings (SSSR count). The van der Waals surface area contributed by atoms with Crippen LogP contribution in [0.15, 0.2) is 58.5 Å². The lowest BCUT2D eigenvalue weighted by molar-refractivity contribution is -0.116. The average Bonchev–Trinajstić information content (AvgIpc) is 3.27. The molecule has 0 spiro atoms. The molecule has 7 heteroatoms. The number of anilines is 1. The summed E-state index contributed by atoms with van der Waals surface area (Å²) in [7, 11) is 0. The number of aryl methyl sites for hydroxylation is 1. The fourth-order valence-electron chi connectivity index (χ4n) is 3.02. The van der Waals surface area contributed by atoms with Gasteiger partial charge in [0.25, 0.3) is 0 Å². The molecule has 0 atom stereocenters. The lowest BCUT2D eigenvalue weighted by Crippen LogP contribution is -2.18. The largest absolute Gasteiger partial charge is 0.337 e. The first kappa shape index (κ1) is 18.6. The van der Waals surface area contributed by atoms with Crippen molar-refractivity contribution in [3.8, 4) is 11.3 Å². The number of halogens is 1. The second-order valence-corrected chi connectivity index (χ2v) is 8.22. The van der Waals surface area contributed by atoms with Gasteiger partial charge in [0.15, 0.2) is 11.4 Å². The molecule has 0 aliphatic carbocycles. The van der Waals surface area contributed by atoms with Gasteiger partial charge in [0.2, 0.25) is 5.91 Å². The van der Waals surface area contributed by atoms with Gasteiger partial charge in [-0.25, -0.2) is 4.98 Å². The van der Waals surface area contributed by atoms with Crippen molar-refractivity contribution in [3.05, 3.63) is 69.6 Å². The molecule has 0 bridgehead atoms. The minimum atomic E-state index is -0.193. The third-order valence-electron chi connectivity index (χ3n) is 4.41. The Morgan fingerprint density at radius 2 is 2.04 bits per heavy atom. The molecular formula is C21H16BrN3O2S. The van der Waals surface area contributed by atoms with Crippen molar-refractivity contribution >= 4 is 55.5 Å². The molecule has 28 heavy (non-hydrogen) atoms. The summed E-state index contributed by atoms with van der Waals surface area (Å²) in [5.74, 6) is -0.193. The summed E-state index contributed by atoms with van der Waals surface area (Å²) in [5, 5.41) is 6.13. The minimum Gasteiger partial charge on any atom is -0.337 e. The van der Waals surface area contributed by atoms with Gasteiger partial charge in [-0.1, -0.05) is 45.8 Å². The maximum absolute atomic E-state index is 12.5. The van der Waals surface area contributed by atoms with Crippen molar-refractivity contribution in [2.45, 2.75) is 13.5 Å². The second kappa shape index (κ2) is 7.69. The molecule has 0 saturated carbocycles. The van der Waals surface area contributed by atoms with Crippen LogP contribution < -0.4 is 5.32 Å². The van der Waals surface area contributed by atoms with Crippen LogP contribution in [-0.2, 0) is 11.3 Å². The first-order chi connectivity index (χ1) is 13.5. The van der Waals surface area contributed by atoms with Gasteiger partial charge in [-0.2, -0.15) is 0 Å². The number of amides is 1. The number of carbonyl (C=O) groups excluding carboxylic acids is 2. The van der Waals surface area contributed by atoms with Crippen LogP contribution in [0, 0.1) is 6.92 Å². The SMILES string of the molecule is Cc1ccc(-c2csc(NC(=O)Cn3cc(C=O)c4cc(Br)ccc43)n2)cc1. The van der Waals surface area contributed by atoms with Gasteiger partial charge in [-0.3, -0.25) is 9.59 Å². The van der Waals surface area contributed by atoms with Crippen molar-refractivity contribution in [1.29, 1.82) is 0 Å². The molecular weight excluding hydrogens is 438 g/mol. The van der Waals surface area contributed by atoms with E-state index in [0.717, 1.165) is 32.9 Å². The highest BCUT2D eigenvalue weighted by Crippen LogP contribution is 2.26. The van der Waals surface area contributed by atoms with Gasteiger partial charge in [-0.05, 0) is 25.1 Å². The van der Waals surface area contributed by atoms with Gasteiger partial charge < -0.3 is 9.88 Å². The highest BCUT2D eigenvalue weighted by atomic mass is 79.9. The van der Waals surface area contributed by atoms with Crippen molar-refractivity contribution in [2.24, 2.45) is 0 Å². The maximum Gasteiger partial charge on any atom is 0.246 e. The number of nitrogens with zero attached hydrogens (tertiary/aromatic N) is 2. The van der Waals surface area contributed by atoms with E-state index in [2.05, 4.69) is 26.2 Å². The number of hydrogen-bond donors (Lipinski definition) is 1. The van der Waals surface area contributed by atoms with E-state index in [1.54, 1.807) is 10.8 Å². The first-order valence-electron chi connectivity index (χ1n) is 8.59. The average molecular weight is 454 g/mol. The summed E-state index contributed by atoms with van der Waals surface area (Å²) in [6.45, 7) is 2.14. The fraction of sp³-hybridized carbons (Fsp3) is 0.0952. The van der Waals surface area contributed by atoms with Gasteiger partial charge in [-0.15, -0.1) is 11.3 Å². The molecule has 140 valence electrons. The van der Waals surface area contributed by atoms with Crippen LogP contribution in [0.3, 0.4) is 0 Å². The Morgan fingerprint density at radius 1 is 1.25 bits per heavy atom. The fourth-order valence-corrected chi connectivity index (χ4v) is 4.12. The number of hydrogen-bond acceptors (Lipinski definition) is 4. The molecule has 0 saturated heterocycles. The van der Waals surface area contributed by atoms with Crippen molar-refractivity contribution in [1.82, 2.24) is 9.55 Å². The van der Waals surface area contributed by atoms with E-state index in [1.165, 1.54) is 16.9 Å². The molecule has 0 aliphatic rings. The summed E-state index contributed by atoms with van der Waals surface area (Å²) in [6.07, 6.45) is 2.50. The lowest BCUT2D eigenvalue weighted by Gasteiger charge is -2.05. The summed E-state index contributed by atoms with van der Waals surface area (Å²) < 4.78 is 2.66. The molecule has 0 aliphatic heterocycles. The Hall–Kier alpha value is -2.77. The first-order valence-corrected chi connectivity index (χ1v) is 10.3. The molecule has 2 aromatic heterocycles. The number of thiazole rings is 1. The molecule has 0 fully saturated rings. The minimum absolute atomic E-state index is 0.103. The van der Waals surface area contributed by atoms with E-state index < -0.39 is 0 Å². The molecule has 2 aromatic carbocycles. The van der Waals surface area contributed by atoms with Crippen LogP contribution >= 0.6 is 27.3 Å². The quantitative estimate of drug-likeness (QED) is 0.417. The molecule has 4 aromatic rings. The van der Waals surface area contributed by atoms with E-state index in [1.807, 2.05) is 54.8 Å². The highest BCUT2D eigenvalue weighted by molar-refractivity contribution is 9.10. The standard InChI is InChI=1S/C21H16BrN3O2S/c1-13-2-4-14(5-3-13)18-12-28-21(23-18)24-20(27)10-25-9-15(11-26)17-8-16(22)6-7-19(17)25/h2-9,11-12H,10H2,1H3,(H,23,24,27). The van der Waals surface area contributed by atoms with E-state index in [9.17, 15) is 9.59 Å². The number of rotatable bonds is 5. The van der Waals surface area contributed by atoms with Gasteiger partial charge >= 0.3 is 0 Å². The lowest BCUT2D eigenvalue weighted by atomic mass is 10.1. The second-order valence-electron chi connectivity index (χ2n) is 6.44. The summed E-state index contributed by atoms with van der Waals surface area (Å²) in [4.78, 5) is 28.4. The zero-order chi connectivity index (χ0) is 19.7. The Balaban J connectivity index is 1.52. The third kappa shape index (κ3) is 3.76. The third-order valence-corrected chi connectivity index (χ3v) is 5.66. The zero-order valence-electron chi connectivity index (χ0n) is 15.0. The molecule has 1 N–H and O–H groups in total. The predicted molar refractivity (Wildman–Crippen MR) is 116 cm³/mol. The number of fused-ring (bicyclic) bond motifs is 1.